The van der Waals surface area contributed by atoms with Crippen LogP contribution in [0.5, 0.6) is 5.88 Å². The summed E-state index contributed by atoms with van der Waals surface area (Å²) < 4.78 is 18.8. The summed E-state index contributed by atoms with van der Waals surface area (Å²) in [5.74, 6) is -0.326. The number of carbonyl (C=O) groups excluding carboxylic acids is 1. The molecule has 0 atom stereocenters. The molecule has 122 valence electrons. The van der Waals surface area contributed by atoms with Gasteiger partial charge in [0.05, 0.1) is 7.11 Å². The molecule has 2 aromatic rings. The van der Waals surface area contributed by atoms with Crippen LogP contribution in [-0.2, 0) is 13.1 Å². The quantitative estimate of drug-likeness (QED) is 0.876. The summed E-state index contributed by atoms with van der Waals surface area (Å²) in [5, 5.41) is 10.2. The van der Waals surface area contributed by atoms with E-state index in [1.54, 1.807) is 18.2 Å². The maximum Gasteiger partial charge on any atom is 0.272 e. The second-order valence-electron chi connectivity index (χ2n) is 5.31. The van der Waals surface area contributed by atoms with Crippen molar-refractivity contribution in [2.24, 2.45) is 0 Å². The Bertz CT molecular complexity index is 674. The largest absolute Gasteiger partial charge is 0.480 e. The van der Waals surface area contributed by atoms with Crippen molar-refractivity contribution in [1.29, 1.82) is 0 Å². The summed E-state index contributed by atoms with van der Waals surface area (Å²) in [4.78, 5) is 13.9. The van der Waals surface area contributed by atoms with Gasteiger partial charge in [0.1, 0.15) is 5.82 Å². The van der Waals surface area contributed by atoms with Gasteiger partial charge in [0, 0.05) is 24.7 Å². The number of halogens is 1. The van der Waals surface area contributed by atoms with Crippen LogP contribution in [0.4, 0.5) is 4.39 Å². The monoisotopic (exact) mass is 318 g/mol. The molecule has 0 aliphatic carbocycles. The van der Waals surface area contributed by atoms with E-state index in [4.69, 9.17) is 4.74 Å². The maximum absolute atomic E-state index is 14.0. The first-order valence-electron chi connectivity index (χ1n) is 7.07. The van der Waals surface area contributed by atoms with Gasteiger partial charge in [-0.15, -0.1) is 10.2 Å². The summed E-state index contributed by atoms with van der Waals surface area (Å²) in [6.45, 7) is 0.742. The molecule has 0 saturated carbocycles. The molecule has 0 aliphatic heterocycles. The van der Waals surface area contributed by atoms with Crippen LogP contribution in [0.25, 0.3) is 0 Å². The second-order valence-corrected chi connectivity index (χ2v) is 5.31. The second kappa shape index (κ2) is 7.64. The minimum absolute atomic E-state index is 0.176. The number of nitrogens with one attached hydrogen (secondary N) is 1. The van der Waals surface area contributed by atoms with Crippen molar-refractivity contribution in [1.82, 2.24) is 20.4 Å². The Balaban J connectivity index is 1.97. The fourth-order valence-electron chi connectivity index (χ4n) is 1.99. The van der Waals surface area contributed by atoms with Crippen molar-refractivity contribution in [3.05, 3.63) is 53.0 Å². The topological polar surface area (TPSA) is 67.3 Å². The van der Waals surface area contributed by atoms with Crippen LogP contribution in [0.1, 0.15) is 21.6 Å². The first kappa shape index (κ1) is 16.8. The van der Waals surface area contributed by atoms with Crippen LogP contribution < -0.4 is 10.1 Å². The van der Waals surface area contributed by atoms with E-state index in [9.17, 15) is 9.18 Å². The van der Waals surface area contributed by atoms with Crippen molar-refractivity contribution in [3.63, 3.8) is 0 Å². The summed E-state index contributed by atoms with van der Waals surface area (Å²) >= 11 is 0. The van der Waals surface area contributed by atoms with Crippen molar-refractivity contribution >= 4 is 5.91 Å². The lowest BCUT2D eigenvalue weighted by Crippen LogP contribution is -2.24. The smallest absolute Gasteiger partial charge is 0.272 e. The fourth-order valence-corrected chi connectivity index (χ4v) is 1.99. The number of aromatic nitrogens is 2. The highest BCUT2D eigenvalue weighted by Crippen LogP contribution is 2.12. The van der Waals surface area contributed by atoms with Gasteiger partial charge in [-0.25, -0.2) is 4.39 Å². The molecular formula is C16H19FN4O2. The summed E-state index contributed by atoms with van der Waals surface area (Å²) in [6.07, 6.45) is 0. The fraction of sp³-hybridized carbons (Fsp3) is 0.312. The van der Waals surface area contributed by atoms with Crippen LogP contribution in [0.2, 0.25) is 0 Å². The Hall–Kier alpha value is -2.54. The Morgan fingerprint density at radius 2 is 2.04 bits per heavy atom. The standard InChI is InChI=1S/C16H19FN4O2/c1-21(2)10-12-5-4-11(8-13(12)17)9-18-16(22)14-6-7-15(23-3)20-19-14/h4-8H,9-10H2,1-3H3,(H,18,22). The Morgan fingerprint density at radius 1 is 1.26 bits per heavy atom. The number of nitrogens with zero attached hydrogens (tertiary/aromatic N) is 3. The number of benzene rings is 1. The van der Waals surface area contributed by atoms with Crippen molar-refractivity contribution in [3.8, 4) is 5.88 Å². The van der Waals surface area contributed by atoms with E-state index in [-0.39, 0.29) is 24.0 Å². The lowest BCUT2D eigenvalue weighted by molar-refractivity contribution is 0.0944. The molecule has 0 aliphatic rings. The first-order chi connectivity index (χ1) is 11.0. The molecule has 6 nitrogen and oxygen atoms in total. The number of methoxy groups -OCH3 is 1. The van der Waals surface area contributed by atoms with E-state index < -0.39 is 0 Å². The summed E-state index contributed by atoms with van der Waals surface area (Å²) in [6, 6.07) is 8.02. The van der Waals surface area contributed by atoms with E-state index in [0.29, 0.717) is 23.6 Å². The van der Waals surface area contributed by atoms with Crippen molar-refractivity contribution < 1.29 is 13.9 Å². The number of carbonyl (C=O) groups is 1. The highest BCUT2D eigenvalue weighted by atomic mass is 19.1. The molecule has 0 radical (unpaired) electrons. The first-order valence-corrected chi connectivity index (χ1v) is 7.07. The van der Waals surface area contributed by atoms with Gasteiger partial charge in [0.15, 0.2) is 5.69 Å². The highest BCUT2D eigenvalue weighted by molar-refractivity contribution is 5.92. The molecule has 0 saturated heterocycles. The SMILES string of the molecule is COc1ccc(C(=O)NCc2ccc(CN(C)C)c(F)c2)nn1. The van der Waals surface area contributed by atoms with Crippen molar-refractivity contribution in [2.45, 2.75) is 13.1 Å². The number of amides is 1. The third-order valence-electron chi connectivity index (χ3n) is 3.14. The Morgan fingerprint density at radius 3 is 2.61 bits per heavy atom. The third kappa shape index (κ3) is 4.72. The van der Waals surface area contributed by atoms with E-state index in [1.807, 2.05) is 19.0 Å². The molecule has 0 unspecified atom stereocenters. The van der Waals surface area contributed by atoms with Crippen LogP contribution in [0, 0.1) is 5.82 Å². The average molecular weight is 318 g/mol. The van der Waals surface area contributed by atoms with E-state index >= 15 is 0 Å². The summed E-state index contributed by atoms with van der Waals surface area (Å²) in [7, 11) is 5.23. The lowest BCUT2D eigenvalue weighted by atomic mass is 10.1. The van der Waals surface area contributed by atoms with Crippen molar-refractivity contribution in [2.75, 3.05) is 21.2 Å². The molecular weight excluding hydrogens is 299 g/mol. The molecule has 1 aromatic heterocycles. The lowest BCUT2D eigenvalue weighted by Gasteiger charge is -2.11. The molecule has 1 aromatic carbocycles. The van der Waals surface area contributed by atoms with Gasteiger partial charge in [-0.05, 0) is 31.8 Å². The predicted octanol–water partition coefficient (Wildman–Crippen LogP) is 1.62. The number of hydrogen-bond acceptors (Lipinski definition) is 5. The molecule has 0 bridgehead atoms. The number of rotatable bonds is 6. The third-order valence-corrected chi connectivity index (χ3v) is 3.14. The average Bonchev–Trinajstić information content (AvgIpc) is 2.54. The predicted molar refractivity (Wildman–Crippen MR) is 83.5 cm³/mol. The number of ether oxygens (including phenoxy) is 1. The number of hydrogen-bond donors (Lipinski definition) is 1. The minimum Gasteiger partial charge on any atom is -0.480 e. The van der Waals surface area contributed by atoms with Gasteiger partial charge in [-0.2, -0.15) is 0 Å². The van der Waals surface area contributed by atoms with Gasteiger partial charge in [-0.1, -0.05) is 12.1 Å². The van der Waals surface area contributed by atoms with E-state index in [2.05, 4.69) is 15.5 Å². The van der Waals surface area contributed by atoms with Gasteiger partial charge in [0.2, 0.25) is 5.88 Å². The van der Waals surface area contributed by atoms with Gasteiger partial charge >= 0.3 is 0 Å². The molecule has 7 heteroatoms. The molecule has 1 amide bonds. The highest BCUT2D eigenvalue weighted by Gasteiger charge is 2.09. The molecule has 0 fully saturated rings. The zero-order valence-electron chi connectivity index (χ0n) is 13.3. The van der Waals surface area contributed by atoms with Crippen LogP contribution in [0.3, 0.4) is 0 Å². The molecule has 1 heterocycles. The van der Waals surface area contributed by atoms with E-state index in [1.165, 1.54) is 19.2 Å². The Labute approximate surface area is 134 Å². The van der Waals surface area contributed by atoms with Crippen LogP contribution in [-0.4, -0.2) is 42.2 Å². The summed E-state index contributed by atoms with van der Waals surface area (Å²) in [5.41, 5.74) is 1.47. The van der Waals surface area contributed by atoms with Crippen LogP contribution >= 0.6 is 0 Å². The zero-order chi connectivity index (χ0) is 16.8. The zero-order valence-corrected chi connectivity index (χ0v) is 13.3. The molecule has 2 rings (SSSR count). The van der Waals surface area contributed by atoms with Gasteiger partial charge < -0.3 is 15.0 Å². The molecule has 0 spiro atoms. The molecule has 23 heavy (non-hydrogen) atoms. The minimum atomic E-state index is -0.377. The normalized spacial score (nSPS) is 10.7. The van der Waals surface area contributed by atoms with Gasteiger partial charge in [-0.3, -0.25) is 4.79 Å². The Kier molecular flexibility index (Phi) is 5.59. The van der Waals surface area contributed by atoms with E-state index in [0.717, 1.165) is 0 Å². The maximum atomic E-state index is 14.0. The van der Waals surface area contributed by atoms with Crippen LogP contribution in [0.15, 0.2) is 30.3 Å². The molecule has 1 N–H and O–H groups in total. The van der Waals surface area contributed by atoms with Gasteiger partial charge in [0.25, 0.3) is 5.91 Å².